The van der Waals surface area contributed by atoms with Crippen molar-refractivity contribution in [1.29, 1.82) is 0 Å². The number of halogens is 4. The Morgan fingerprint density at radius 2 is 1.92 bits per heavy atom. The van der Waals surface area contributed by atoms with Gasteiger partial charge in [0.25, 0.3) is 5.91 Å². The number of hydrazone groups is 1. The zero-order chi connectivity index (χ0) is 19.5. The molecular formula is C17H15ClF3N3O2. The highest BCUT2D eigenvalue weighted by molar-refractivity contribution is 6.32. The van der Waals surface area contributed by atoms with E-state index in [-0.39, 0.29) is 21.9 Å². The number of anilines is 1. The molecule has 0 aromatic heterocycles. The predicted molar refractivity (Wildman–Crippen MR) is 93.9 cm³/mol. The number of aromatic hydroxyl groups is 1. The van der Waals surface area contributed by atoms with Crippen molar-refractivity contribution in [3.05, 3.63) is 58.1 Å². The number of amides is 1. The molecule has 5 nitrogen and oxygen atoms in total. The molecule has 0 atom stereocenters. The summed E-state index contributed by atoms with van der Waals surface area (Å²) in [6.07, 6.45) is -3.65. The van der Waals surface area contributed by atoms with Crippen LogP contribution in [0.5, 0.6) is 5.75 Å². The summed E-state index contributed by atoms with van der Waals surface area (Å²) in [7, 11) is 3.26. The monoisotopic (exact) mass is 385 g/mol. The number of carbonyl (C=O) groups excluding carboxylic acids is 1. The van der Waals surface area contributed by atoms with Gasteiger partial charge in [0.05, 0.1) is 16.8 Å². The highest BCUT2D eigenvalue weighted by Gasteiger charge is 2.33. The predicted octanol–water partition coefficient (Wildman–Crippen LogP) is 3.89. The first-order valence-electron chi connectivity index (χ1n) is 7.30. The molecule has 0 radical (unpaired) electrons. The van der Waals surface area contributed by atoms with Crippen LogP contribution in [0.15, 0.2) is 41.5 Å². The van der Waals surface area contributed by atoms with Crippen molar-refractivity contribution in [2.45, 2.75) is 6.18 Å². The van der Waals surface area contributed by atoms with Crippen molar-refractivity contribution in [2.75, 3.05) is 19.0 Å². The number of benzene rings is 2. The topological polar surface area (TPSA) is 64.9 Å². The number of carbonyl (C=O) groups is 1. The summed E-state index contributed by atoms with van der Waals surface area (Å²) in [5.41, 5.74) is 1.56. The summed E-state index contributed by atoms with van der Waals surface area (Å²) in [4.78, 5) is 13.5. The first-order chi connectivity index (χ1) is 12.1. The number of phenols is 1. The molecule has 0 saturated heterocycles. The first kappa shape index (κ1) is 19.6. The minimum absolute atomic E-state index is 0.0275. The smallest absolute Gasteiger partial charge is 0.417 e. The molecule has 2 N–H and O–H groups in total. The summed E-state index contributed by atoms with van der Waals surface area (Å²) < 4.78 is 39.7. The third-order valence-corrected chi connectivity index (χ3v) is 3.74. The van der Waals surface area contributed by atoms with Gasteiger partial charge in [0, 0.05) is 30.9 Å². The maximum Gasteiger partial charge on any atom is 0.417 e. The van der Waals surface area contributed by atoms with Crippen molar-refractivity contribution in [2.24, 2.45) is 5.10 Å². The van der Waals surface area contributed by atoms with E-state index in [0.717, 1.165) is 12.3 Å². The van der Waals surface area contributed by atoms with Crippen molar-refractivity contribution in [3.8, 4) is 5.75 Å². The average Bonchev–Trinajstić information content (AvgIpc) is 2.56. The Bertz CT molecular complexity index is 852. The minimum atomic E-state index is -4.57. The molecule has 138 valence electrons. The molecule has 2 aromatic carbocycles. The number of phenolic OH excluding ortho intramolecular Hbond substituents is 1. The zero-order valence-corrected chi connectivity index (χ0v) is 14.6. The molecule has 0 unspecified atom stereocenters. The SMILES string of the molecule is CN(C)c1ccc(C=NNC(=O)c2ccc(O)c(Cl)c2)c(C(F)(F)F)c1. The fourth-order valence-electron chi connectivity index (χ4n) is 2.05. The Kier molecular flexibility index (Phi) is 5.76. The van der Waals surface area contributed by atoms with Gasteiger partial charge in [-0.25, -0.2) is 5.43 Å². The number of hydrogen-bond donors (Lipinski definition) is 2. The maximum atomic E-state index is 13.2. The van der Waals surface area contributed by atoms with Crippen molar-refractivity contribution < 1.29 is 23.1 Å². The van der Waals surface area contributed by atoms with Crippen molar-refractivity contribution in [3.63, 3.8) is 0 Å². The average molecular weight is 386 g/mol. The lowest BCUT2D eigenvalue weighted by molar-refractivity contribution is -0.137. The summed E-state index contributed by atoms with van der Waals surface area (Å²) in [6, 6.07) is 7.53. The minimum Gasteiger partial charge on any atom is -0.506 e. The molecule has 26 heavy (non-hydrogen) atoms. The fourth-order valence-corrected chi connectivity index (χ4v) is 2.23. The molecule has 0 heterocycles. The Labute approximate surface area is 152 Å². The molecule has 9 heteroatoms. The number of nitrogens with zero attached hydrogens (tertiary/aromatic N) is 2. The lowest BCUT2D eigenvalue weighted by Gasteiger charge is -2.16. The third kappa shape index (κ3) is 4.66. The summed E-state index contributed by atoms with van der Waals surface area (Å²) >= 11 is 5.70. The van der Waals surface area contributed by atoms with Gasteiger partial charge in [-0.2, -0.15) is 18.3 Å². The number of hydrogen-bond acceptors (Lipinski definition) is 4. The molecule has 2 aromatic rings. The summed E-state index contributed by atoms with van der Waals surface area (Å²) in [5.74, 6) is -0.871. The van der Waals surface area contributed by atoms with E-state index in [4.69, 9.17) is 11.6 Å². The molecular weight excluding hydrogens is 371 g/mol. The third-order valence-electron chi connectivity index (χ3n) is 3.44. The fraction of sp³-hybridized carbons (Fsp3) is 0.176. The normalized spacial score (nSPS) is 11.6. The number of alkyl halides is 3. The molecule has 0 aliphatic heterocycles. The number of rotatable bonds is 4. The lowest BCUT2D eigenvalue weighted by atomic mass is 10.1. The van der Waals surface area contributed by atoms with Gasteiger partial charge >= 0.3 is 6.18 Å². The van der Waals surface area contributed by atoms with E-state index in [2.05, 4.69) is 10.5 Å². The standard InChI is InChI=1S/C17H15ClF3N3O2/c1-24(2)12-5-3-11(13(8-12)17(19,20)21)9-22-23-16(26)10-4-6-15(25)14(18)7-10/h3-9,25H,1-2H3,(H,23,26). The van der Waals surface area contributed by atoms with Crippen LogP contribution < -0.4 is 10.3 Å². The molecule has 0 aliphatic carbocycles. The van der Waals surface area contributed by atoms with E-state index in [9.17, 15) is 23.1 Å². The van der Waals surface area contributed by atoms with Crippen LogP contribution in [0.3, 0.4) is 0 Å². The van der Waals surface area contributed by atoms with Gasteiger partial charge in [-0.1, -0.05) is 17.7 Å². The molecule has 2 rings (SSSR count). The van der Waals surface area contributed by atoms with Gasteiger partial charge in [0.15, 0.2) is 0 Å². The van der Waals surface area contributed by atoms with E-state index >= 15 is 0 Å². The molecule has 0 bridgehead atoms. The van der Waals surface area contributed by atoms with Crippen LogP contribution in [0, 0.1) is 0 Å². The Morgan fingerprint density at radius 3 is 2.50 bits per heavy atom. The highest BCUT2D eigenvalue weighted by Crippen LogP contribution is 2.33. The van der Waals surface area contributed by atoms with Crippen LogP contribution in [-0.4, -0.2) is 31.3 Å². The van der Waals surface area contributed by atoms with Crippen molar-refractivity contribution >= 4 is 29.4 Å². The molecule has 0 spiro atoms. The zero-order valence-electron chi connectivity index (χ0n) is 13.8. The van der Waals surface area contributed by atoms with Crippen LogP contribution in [0.1, 0.15) is 21.5 Å². The van der Waals surface area contributed by atoms with Gasteiger partial charge < -0.3 is 10.0 Å². The van der Waals surface area contributed by atoms with Gasteiger partial charge in [-0.15, -0.1) is 0 Å². The second-order valence-corrected chi connectivity index (χ2v) is 5.94. The molecule has 0 fully saturated rings. The summed E-state index contributed by atoms with van der Waals surface area (Å²) in [6.45, 7) is 0. The van der Waals surface area contributed by atoms with Gasteiger partial charge in [0.1, 0.15) is 5.75 Å². The van der Waals surface area contributed by atoms with Gasteiger partial charge in [0.2, 0.25) is 0 Å². The quantitative estimate of drug-likeness (QED) is 0.620. The van der Waals surface area contributed by atoms with Crippen LogP contribution >= 0.6 is 11.6 Å². The van der Waals surface area contributed by atoms with E-state index < -0.39 is 17.6 Å². The molecule has 0 aliphatic rings. The Balaban J connectivity index is 2.21. The van der Waals surface area contributed by atoms with E-state index in [1.165, 1.54) is 30.3 Å². The van der Waals surface area contributed by atoms with E-state index in [1.807, 2.05) is 0 Å². The Morgan fingerprint density at radius 1 is 1.23 bits per heavy atom. The van der Waals surface area contributed by atoms with Crippen LogP contribution in [-0.2, 0) is 6.18 Å². The van der Waals surface area contributed by atoms with Crippen LogP contribution in [0.2, 0.25) is 5.02 Å². The molecule has 0 saturated carbocycles. The van der Waals surface area contributed by atoms with Crippen LogP contribution in [0.4, 0.5) is 18.9 Å². The van der Waals surface area contributed by atoms with Gasteiger partial charge in [-0.05, 0) is 30.3 Å². The summed E-state index contributed by atoms with van der Waals surface area (Å²) in [5, 5.41) is 12.9. The van der Waals surface area contributed by atoms with E-state index in [1.54, 1.807) is 19.0 Å². The van der Waals surface area contributed by atoms with Crippen LogP contribution in [0.25, 0.3) is 0 Å². The maximum absolute atomic E-state index is 13.2. The van der Waals surface area contributed by atoms with Crippen molar-refractivity contribution in [1.82, 2.24) is 5.43 Å². The largest absolute Gasteiger partial charge is 0.506 e. The first-order valence-corrected chi connectivity index (χ1v) is 7.68. The highest BCUT2D eigenvalue weighted by atomic mass is 35.5. The van der Waals surface area contributed by atoms with E-state index in [0.29, 0.717) is 5.69 Å². The second kappa shape index (κ2) is 7.65. The Hall–Kier alpha value is -2.74. The molecule has 1 amide bonds. The lowest BCUT2D eigenvalue weighted by Crippen LogP contribution is -2.18. The second-order valence-electron chi connectivity index (χ2n) is 5.53. The van der Waals surface area contributed by atoms with Gasteiger partial charge in [-0.3, -0.25) is 4.79 Å². The number of nitrogens with one attached hydrogen (secondary N) is 1.